The van der Waals surface area contributed by atoms with Crippen molar-refractivity contribution in [1.29, 1.82) is 0 Å². The van der Waals surface area contributed by atoms with Gasteiger partial charge in [-0.2, -0.15) is 5.10 Å². The number of nitrogens with zero attached hydrogens (tertiary/aromatic N) is 1. The molecule has 0 amide bonds. The van der Waals surface area contributed by atoms with E-state index < -0.39 is 5.97 Å². The van der Waals surface area contributed by atoms with Crippen LogP contribution in [0.15, 0.2) is 24.3 Å². The summed E-state index contributed by atoms with van der Waals surface area (Å²) in [6.45, 7) is 2.05. The highest BCUT2D eigenvalue weighted by Gasteiger charge is 2.09. The number of carbonyl (C=O) groups is 1. The normalized spacial score (nSPS) is 10.8. The first kappa shape index (κ1) is 14.6. The molecule has 110 valence electrons. The quantitative estimate of drug-likeness (QED) is 0.826. The van der Waals surface area contributed by atoms with Crippen LogP contribution in [0.4, 0.5) is 0 Å². The molecule has 1 aromatic carbocycles. The number of nitrogens with one attached hydrogen (secondary N) is 1. The molecule has 1 aromatic heterocycles. The van der Waals surface area contributed by atoms with E-state index in [0.717, 1.165) is 5.56 Å². The molecule has 0 saturated heterocycles. The van der Waals surface area contributed by atoms with Gasteiger partial charge in [0.15, 0.2) is 17.2 Å². The van der Waals surface area contributed by atoms with E-state index in [4.69, 9.17) is 9.47 Å². The van der Waals surface area contributed by atoms with Crippen molar-refractivity contribution < 1.29 is 19.4 Å². The minimum Gasteiger partial charge on any atom is -0.504 e. The number of phenols is 1. The van der Waals surface area contributed by atoms with Crippen molar-refractivity contribution in [2.75, 3.05) is 13.7 Å². The summed E-state index contributed by atoms with van der Waals surface area (Å²) in [5.74, 6) is 0.0227. The number of rotatable bonds is 5. The maximum absolute atomic E-state index is 11.5. The summed E-state index contributed by atoms with van der Waals surface area (Å²) in [7, 11) is 1.49. The highest BCUT2D eigenvalue weighted by Crippen LogP contribution is 2.26. The van der Waals surface area contributed by atoms with Gasteiger partial charge in [0.25, 0.3) is 0 Å². The van der Waals surface area contributed by atoms with E-state index in [-0.39, 0.29) is 11.4 Å². The maximum atomic E-state index is 11.5. The van der Waals surface area contributed by atoms with Gasteiger partial charge in [-0.05, 0) is 36.8 Å². The average molecular weight is 288 g/mol. The standard InChI is InChI=1S/C15H16N2O4/c1-3-21-15(19)12-9-11(16-17-12)6-4-10-5-7-13(18)14(8-10)20-2/h4-9,18H,3H2,1-2H3,(H,16,17)/b6-4+. The van der Waals surface area contributed by atoms with Crippen LogP contribution in [0.5, 0.6) is 11.5 Å². The Morgan fingerprint density at radius 2 is 2.19 bits per heavy atom. The Balaban J connectivity index is 2.12. The number of hydrogen-bond donors (Lipinski definition) is 2. The predicted octanol–water partition coefficient (Wildman–Crippen LogP) is 2.47. The molecule has 0 bridgehead atoms. The van der Waals surface area contributed by atoms with Gasteiger partial charge in [0.05, 0.1) is 19.4 Å². The number of ether oxygens (including phenoxy) is 2. The average Bonchev–Trinajstić information content (AvgIpc) is 2.95. The van der Waals surface area contributed by atoms with E-state index in [0.29, 0.717) is 18.1 Å². The number of methoxy groups -OCH3 is 1. The first-order valence-corrected chi connectivity index (χ1v) is 6.41. The van der Waals surface area contributed by atoms with Crippen LogP contribution in [0, 0.1) is 0 Å². The zero-order valence-corrected chi connectivity index (χ0v) is 11.8. The summed E-state index contributed by atoms with van der Waals surface area (Å²) in [5.41, 5.74) is 1.75. The van der Waals surface area contributed by atoms with Crippen molar-refractivity contribution in [3.63, 3.8) is 0 Å². The van der Waals surface area contributed by atoms with Crippen LogP contribution in [0.3, 0.4) is 0 Å². The molecule has 2 rings (SSSR count). The van der Waals surface area contributed by atoms with Crippen molar-refractivity contribution in [1.82, 2.24) is 10.2 Å². The van der Waals surface area contributed by atoms with E-state index in [1.54, 1.807) is 37.3 Å². The Kier molecular flexibility index (Phi) is 4.61. The van der Waals surface area contributed by atoms with Crippen LogP contribution in [0.25, 0.3) is 12.2 Å². The molecule has 2 N–H and O–H groups in total. The molecule has 0 saturated carbocycles. The lowest BCUT2D eigenvalue weighted by molar-refractivity contribution is 0.0519. The van der Waals surface area contributed by atoms with E-state index in [9.17, 15) is 9.90 Å². The number of H-pyrrole nitrogens is 1. The van der Waals surface area contributed by atoms with E-state index >= 15 is 0 Å². The molecular weight excluding hydrogens is 272 g/mol. The minimum absolute atomic E-state index is 0.0841. The summed E-state index contributed by atoms with van der Waals surface area (Å²) in [4.78, 5) is 11.5. The Labute approximate surface area is 122 Å². The lowest BCUT2D eigenvalue weighted by atomic mass is 10.1. The van der Waals surface area contributed by atoms with Crippen molar-refractivity contribution in [3.8, 4) is 11.5 Å². The van der Waals surface area contributed by atoms with Crippen molar-refractivity contribution >= 4 is 18.1 Å². The second kappa shape index (κ2) is 6.60. The molecular formula is C15H16N2O4. The van der Waals surface area contributed by atoms with Gasteiger partial charge in [-0.15, -0.1) is 0 Å². The highest BCUT2D eigenvalue weighted by molar-refractivity contribution is 5.88. The van der Waals surface area contributed by atoms with Gasteiger partial charge >= 0.3 is 5.97 Å². The molecule has 0 aliphatic rings. The fraction of sp³-hybridized carbons (Fsp3) is 0.200. The van der Waals surface area contributed by atoms with Crippen LogP contribution in [-0.2, 0) is 4.74 Å². The van der Waals surface area contributed by atoms with Gasteiger partial charge in [0.1, 0.15) is 0 Å². The smallest absolute Gasteiger partial charge is 0.358 e. The zero-order valence-electron chi connectivity index (χ0n) is 11.8. The molecule has 0 fully saturated rings. The molecule has 0 aliphatic carbocycles. The first-order chi connectivity index (χ1) is 10.1. The van der Waals surface area contributed by atoms with Crippen LogP contribution < -0.4 is 4.74 Å². The monoisotopic (exact) mass is 288 g/mol. The summed E-state index contributed by atoms with van der Waals surface area (Å²) in [6, 6.07) is 6.60. The fourth-order valence-corrected chi connectivity index (χ4v) is 1.72. The number of esters is 1. The van der Waals surface area contributed by atoms with Gasteiger partial charge in [-0.1, -0.05) is 12.1 Å². The molecule has 21 heavy (non-hydrogen) atoms. The number of carbonyl (C=O) groups excluding carboxylic acids is 1. The Hall–Kier alpha value is -2.76. The minimum atomic E-state index is -0.459. The molecule has 0 spiro atoms. The lowest BCUT2D eigenvalue weighted by Crippen LogP contribution is -2.04. The second-order valence-electron chi connectivity index (χ2n) is 4.19. The SMILES string of the molecule is CCOC(=O)c1cc(/C=C/c2ccc(O)c(OC)c2)[nH]n1. The molecule has 0 aliphatic heterocycles. The predicted molar refractivity (Wildman–Crippen MR) is 78.1 cm³/mol. The summed E-state index contributed by atoms with van der Waals surface area (Å²) < 4.78 is 9.89. The Bertz CT molecular complexity index is 661. The number of aromatic nitrogens is 2. The number of aromatic amines is 1. The number of aromatic hydroxyl groups is 1. The third-order valence-corrected chi connectivity index (χ3v) is 2.74. The van der Waals surface area contributed by atoms with Gasteiger partial charge in [0.2, 0.25) is 0 Å². The van der Waals surface area contributed by atoms with Gasteiger partial charge < -0.3 is 14.6 Å². The third kappa shape index (κ3) is 3.62. The van der Waals surface area contributed by atoms with Crippen molar-refractivity contribution in [2.24, 2.45) is 0 Å². The first-order valence-electron chi connectivity index (χ1n) is 6.41. The molecule has 6 heteroatoms. The Morgan fingerprint density at radius 3 is 2.90 bits per heavy atom. The van der Waals surface area contributed by atoms with Gasteiger partial charge in [-0.3, -0.25) is 5.10 Å². The second-order valence-corrected chi connectivity index (χ2v) is 4.19. The van der Waals surface area contributed by atoms with E-state index in [1.807, 2.05) is 6.08 Å². The van der Waals surface area contributed by atoms with Crippen molar-refractivity contribution in [3.05, 3.63) is 41.2 Å². The molecule has 0 radical (unpaired) electrons. The molecule has 2 aromatic rings. The summed E-state index contributed by atoms with van der Waals surface area (Å²) in [6.07, 6.45) is 3.58. The molecule has 0 atom stereocenters. The van der Waals surface area contributed by atoms with Crippen LogP contribution in [0.1, 0.15) is 28.7 Å². The summed E-state index contributed by atoms with van der Waals surface area (Å²) in [5, 5.41) is 16.1. The number of benzene rings is 1. The molecule has 6 nitrogen and oxygen atoms in total. The summed E-state index contributed by atoms with van der Waals surface area (Å²) >= 11 is 0. The van der Waals surface area contributed by atoms with E-state index in [2.05, 4.69) is 10.2 Å². The highest BCUT2D eigenvalue weighted by atomic mass is 16.5. The maximum Gasteiger partial charge on any atom is 0.358 e. The molecule has 1 heterocycles. The topological polar surface area (TPSA) is 84.4 Å². The Morgan fingerprint density at radius 1 is 1.38 bits per heavy atom. The third-order valence-electron chi connectivity index (χ3n) is 2.74. The van der Waals surface area contributed by atoms with Crippen LogP contribution >= 0.6 is 0 Å². The lowest BCUT2D eigenvalue weighted by Gasteiger charge is -2.03. The largest absolute Gasteiger partial charge is 0.504 e. The van der Waals surface area contributed by atoms with Crippen molar-refractivity contribution in [2.45, 2.75) is 6.92 Å². The fourth-order valence-electron chi connectivity index (χ4n) is 1.72. The van der Waals surface area contributed by atoms with Crippen LogP contribution in [-0.4, -0.2) is 35.0 Å². The zero-order chi connectivity index (χ0) is 15.2. The number of hydrogen-bond acceptors (Lipinski definition) is 5. The van der Waals surface area contributed by atoms with E-state index in [1.165, 1.54) is 7.11 Å². The molecule has 0 unspecified atom stereocenters. The van der Waals surface area contributed by atoms with Gasteiger partial charge in [-0.25, -0.2) is 4.79 Å². The number of phenolic OH excluding ortho intramolecular Hbond substituents is 1. The van der Waals surface area contributed by atoms with Gasteiger partial charge in [0, 0.05) is 0 Å². The van der Waals surface area contributed by atoms with Crippen LogP contribution in [0.2, 0.25) is 0 Å².